The summed E-state index contributed by atoms with van der Waals surface area (Å²) < 4.78 is 16.4. The number of esters is 1. The Morgan fingerprint density at radius 3 is 2.70 bits per heavy atom. The zero-order valence-corrected chi connectivity index (χ0v) is 16.8. The Morgan fingerprint density at radius 1 is 1.13 bits per heavy atom. The second-order valence-corrected chi connectivity index (χ2v) is 7.39. The van der Waals surface area contributed by atoms with E-state index in [-0.39, 0.29) is 17.7 Å². The molecule has 2 heterocycles. The number of hydrogen-bond donors (Lipinski definition) is 2. The molecule has 1 atom stereocenters. The summed E-state index contributed by atoms with van der Waals surface area (Å²) >= 11 is 0. The summed E-state index contributed by atoms with van der Waals surface area (Å²) in [4.78, 5) is 24.8. The van der Waals surface area contributed by atoms with Gasteiger partial charge in [0.05, 0.1) is 11.6 Å². The van der Waals surface area contributed by atoms with Gasteiger partial charge in [-0.2, -0.15) is 5.10 Å². The molecule has 1 aliphatic rings. The van der Waals surface area contributed by atoms with Gasteiger partial charge in [-0.1, -0.05) is 38.1 Å². The van der Waals surface area contributed by atoms with Crippen LogP contribution in [-0.4, -0.2) is 41.9 Å². The minimum atomic E-state index is -0.650. The summed E-state index contributed by atoms with van der Waals surface area (Å²) in [6.45, 7) is 4.63. The monoisotopic (exact) mass is 409 g/mol. The molecule has 156 valence electrons. The zero-order chi connectivity index (χ0) is 21.1. The molecule has 2 N–H and O–H groups in total. The molecule has 0 saturated heterocycles. The number of nitrogens with one attached hydrogen (secondary N) is 2. The van der Waals surface area contributed by atoms with Crippen molar-refractivity contribution >= 4 is 22.8 Å². The van der Waals surface area contributed by atoms with E-state index in [9.17, 15) is 9.59 Å². The lowest BCUT2D eigenvalue weighted by Crippen LogP contribution is -2.35. The topological polar surface area (TPSA) is 103 Å². The number of aromatic amines is 1. The van der Waals surface area contributed by atoms with E-state index in [4.69, 9.17) is 14.2 Å². The first-order valence-corrected chi connectivity index (χ1v) is 9.82. The molecule has 4 rings (SSSR count). The minimum absolute atomic E-state index is 0.113. The maximum Gasteiger partial charge on any atom is 0.359 e. The van der Waals surface area contributed by atoms with Crippen LogP contribution in [0.1, 0.15) is 35.9 Å². The first-order chi connectivity index (χ1) is 14.5. The highest BCUT2D eigenvalue weighted by molar-refractivity contribution is 6.02. The van der Waals surface area contributed by atoms with Crippen LogP contribution < -0.4 is 14.8 Å². The normalized spacial score (nSPS) is 13.8. The molecule has 1 aromatic heterocycles. The molecule has 0 saturated carbocycles. The molecule has 3 aromatic rings. The third-order valence-corrected chi connectivity index (χ3v) is 4.91. The number of ether oxygens (including phenoxy) is 3. The average Bonchev–Trinajstić information content (AvgIpc) is 3.19. The number of nitrogens with zero attached hydrogens (tertiary/aromatic N) is 1. The van der Waals surface area contributed by atoms with Crippen LogP contribution in [0.3, 0.4) is 0 Å². The van der Waals surface area contributed by atoms with Crippen molar-refractivity contribution in [1.82, 2.24) is 15.5 Å². The summed E-state index contributed by atoms with van der Waals surface area (Å²) in [5, 5.41) is 10.4. The van der Waals surface area contributed by atoms with Gasteiger partial charge in [0.25, 0.3) is 5.91 Å². The van der Waals surface area contributed by atoms with Crippen molar-refractivity contribution < 1.29 is 23.8 Å². The van der Waals surface area contributed by atoms with Gasteiger partial charge in [0.15, 0.2) is 23.8 Å². The van der Waals surface area contributed by atoms with Crippen molar-refractivity contribution in [3.05, 3.63) is 53.7 Å². The quantitative estimate of drug-likeness (QED) is 0.607. The number of fused-ring (bicyclic) bond motifs is 2. The molecule has 8 heteroatoms. The summed E-state index contributed by atoms with van der Waals surface area (Å²) in [7, 11) is 0. The first kappa shape index (κ1) is 19.8. The van der Waals surface area contributed by atoms with E-state index in [1.165, 1.54) is 0 Å². The van der Waals surface area contributed by atoms with Crippen molar-refractivity contribution in [2.75, 3.05) is 19.8 Å². The molecule has 30 heavy (non-hydrogen) atoms. The third-order valence-electron chi connectivity index (χ3n) is 4.91. The number of para-hydroxylation sites is 1. The largest absolute Gasteiger partial charge is 0.486 e. The molecule has 0 radical (unpaired) electrons. The van der Waals surface area contributed by atoms with E-state index in [2.05, 4.69) is 15.5 Å². The summed E-state index contributed by atoms with van der Waals surface area (Å²) in [6, 6.07) is 12.6. The molecular weight excluding hydrogens is 386 g/mol. The second kappa shape index (κ2) is 8.44. The fraction of sp³-hybridized carbons (Fsp3) is 0.318. The van der Waals surface area contributed by atoms with E-state index in [1.54, 1.807) is 6.07 Å². The first-order valence-electron chi connectivity index (χ1n) is 9.82. The highest BCUT2D eigenvalue weighted by Crippen LogP contribution is 2.34. The van der Waals surface area contributed by atoms with E-state index < -0.39 is 18.5 Å². The van der Waals surface area contributed by atoms with E-state index in [0.29, 0.717) is 30.1 Å². The molecule has 1 amide bonds. The maximum atomic E-state index is 12.5. The van der Waals surface area contributed by atoms with Crippen molar-refractivity contribution in [3.63, 3.8) is 0 Å². The van der Waals surface area contributed by atoms with Crippen molar-refractivity contribution in [2.24, 2.45) is 5.92 Å². The third kappa shape index (κ3) is 4.07. The van der Waals surface area contributed by atoms with Gasteiger partial charge < -0.3 is 19.5 Å². The zero-order valence-electron chi connectivity index (χ0n) is 16.8. The van der Waals surface area contributed by atoms with Crippen LogP contribution in [0, 0.1) is 5.92 Å². The molecule has 1 aliphatic heterocycles. The number of amides is 1. The average molecular weight is 409 g/mol. The highest BCUT2D eigenvalue weighted by atomic mass is 16.6. The van der Waals surface area contributed by atoms with E-state index in [1.807, 2.05) is 50.2 Å². The Hall–Kier alpha value is -3.55. The van der Waals surface area contributed by atoms with Gasteiger partial charge in [-0.3, -0.25) is 9.89 Å². The van der Waals surface area contributed by atoms with Gasteiger partial charge in [0, 0.05) is 5.39 Å². The van der Waals surface area contributed by atoms with Crippen LogP contribution in [0.5, 0.6) is 11.5 Å². The lowest BCUT2D eigenvalue weighted by atomic mass is 9.95. The minimum Gasteiger partial charge on any atom is -0.486 e. The van der Waals surface area contributed by atoms with Crippen LogP contribution in [0.25, 0.3) is 10.9 Å². The summed E-state index contributed by atoms with van der Waals surface area (Å²) in [5.74, 6) is 0.428. The SMILES string of the molecule is CC(C)[C@@H](NC(=O)COC(=O)c1n[nH]c2ccccc12)c1ccc2c(c1)OCCO2. The predicted molar refractivity (Wildman–Crippen MR) is 110 cm³/mol. The van der Waals surface area contributed by atoms with Crippen LogP contribution in [0.15, 0.2) is 42.5 Å². The Labute approximate surface area is 173 Å². The van der Waals surface area contributed by atoms with Crippen LogP contribution >= 0.6 is 0 Å². The molecule has 0 aliphatic carbocycles. The lowest BCUT2D eigenvalue weighted by Gasteiger charge is -2.25. The Morgan fingerprint density at radius 2 is 1.90 bits per heavy atom. The summed E-state index contributed by atoms with van der Waals surface area (Å²) in [5.41, 5.74) is 1.78. The van der Waals surface area contributed by atoms with E-state index in [0.717, 1.165) is 11.1 Å². The lowest BCUT2D eigenvalue weighted by molar-refractivity contribution is -0.125. The number of benzene rings is 2. The highest BCUT2D eigenvalue weighted by Gasteiger charge is 2.23. The Balaban J connectivity index is 1.41. The van der Waals surface area contributed by atoms with Crippen LogP contribution in [0.4, 0.5) is 0 Å². The van der Waals surface area contributed by atoms with Crippen LogP contribution in [-0.2, 0) is 9.53 Å². The molecular formula is C22H23N3O5. The van der Waals surface area contributed by atoms with Gasteiger partial charge in [0.2, 0.25) is 0 Å². The van der Waals surface area contributed by atoms with Gasteiger partial charge >= 0.3 is 5.97 Å². The number of aromatic nitrogens is 2. The maximum absolute atomic E-state index is 12.5. The van der Waals surface area contributed by atoms with E-state index >= 15 is 0 Å². The fourth-order valence-corrected chi connectivity index (χ4v) is 3.42. The van der Waals surface area contributed by atoms with Gasteiger partial charge in [-0.05, 0) is 29.7 Å². The standard InChI is InChI=1S/C22H23N3O5/c1-13(2)20(14-7-8-17-18(11-14)29-10-9-28-17)23-19(26)12-30-22(27)21-15-5-3-4-6-16(15)24-25-21/h3-8,11,13,20H,9-10,12H2,1-2H3,(H,23,26)(H,24,25)/t20-/m1/s1. The van der Waals surface area contributed by atoms with Crippen molar-refractivity contribution in [2.45, 2.75) is 19.9 Å². The molecule has 0 unspecified atom stereocenters. The number of rotatable bonds is 6. The number of carbonyl (C=O) groups excluding carboxylic acids is 2. The number of H-pyrrole nitrogens is 1. The smallest absolute Gasteiger partial charge is 0.359 e. The van der Waals surface area contributed by atoms with Gasteiger partial charge in [-0.15, -0.1) is 0 Å². The molecule has 0 bridgehead atoms. The Kier molecular flexibility index (Phi) is 5.56. The predicted octanol–water partition coefficient (Wildman–Crippen LogP) is 3.00. The molecule has 8 nitrogen and oxygen atoms in total. The number of carbonyl (C=O) groups is 2. The van der Waals surface area contributed by atoms with Crippen molar-refractivity contribution in [1.29, 1.82) is 0 Å². The Bertz CT molecular complexity index is 1080. The fourth-order valence-electron chi connectivity index (χ4n) is 3.42. The van der Waals surface area contributed by atoms with Gasteiger partial charge in [-0.25, -0.2) is 4.79 Å². The second-order valence-electron chi connectivity index (χ2n) is 7.39. The molecule has 2 aromatic carbocycles. The number of hydrogen-bond acceptors (Lipinski definition) is 6. The van der Waals surface area contributed by atoms with Crippen molar-refractivity contribution in [3.8, 4) is 11.5 Å². The van der Waals surface area contributed by atoms with Crippen LogP contribution in [0.2, 0.25) is 0 Å². The molecule has 0 fully saturated rings. The molecule has 0 spiro atoms. The summed E-state index contributed by atoms with van der Waals surface area (Å²) in [6.07, 6.45) is 0. The van der Waals surface area contributed by atoms with Gasteiger partial charge in [0.1, 0.15) is 13.2 Å².